The van der Waals surface area contributed by atoms with Gasteiger partial charge in [-0.3, -0.25) is 4.68 Å². The molecule has 2 heterocycles. The molecule has 0 spiro atoms. The Morgan fingerprint density at radius 3 is 2.76 bits per heavy atom. The van der Waals surface area contributed by atoms with Crippen molar-refractivity contribution in [3.05, 3.63) is 18.0 Å². The molecule has 96 valence electrons. The monoisotopic (exact) mass is 237 g/mol. The molecule has 1 aromatic heterocycles. The Morgan fingerprint density at radius 2 is 2.12 bits per heavy atom. The molecule has 17 heavy (non-hydrogen) atoms. The van der Waals surface area contributed by atoms with Crippen molar-refractivity contribution in [3.8, 4) is 0 Å². The number of nitrogens with one attached hydrogen (secondary N) is 1. The van der Waals surface area contributed by atoms with Gasteiger partial charge in [-0.05, 0) is 33.6 Å². The Bertz CT molecular complexity index is 348. The zero-order valence-corrected chi connectivity index (χ0v) is 11.1. The SMILES string of the molecule is CC(C)(C)NCc1cnn(C2CCOCC2)c1. The van der Waals surface area contributed by atoms with E-state index in [4.69, 9.17) is 4.74 Å². The topological polar surface area (TPSA) is 39.1 Å². The summed E-state index contributed by atoms with van der Waals surface area (Å²) < 4.78 is 7.47. The number of ether oxygens (including phenoxy) is 1. The third-order valence-corrected chi connectivity index (χ3v) is 3.04. The van der Waals surface area contributed by atoms with Gasteiger partial charge in [0.15, 0.2) is 0 Å². The lowest BCUT2D eigenvalue weighted by molar-refractivity contribution is 0.0662. The van der Waals surface area contributed by atoms with Crippen molar-refractivity contribution in [2.45, 2.75) is 51.7 Å². The van der Waals surface area contributed by atoms with E-state index in [1.165, 1.54) is 5.56 Å². The van der Waals surface area contributed by atoms with E-state index in [1.54, 1.807) is 0 Å². The van der Waals surface area contributed by atoms with Gasteiger partial charge in [-0.2, -0.15) is 5.10 Å². The van der Waals surface area contributed by atoms with Gasteiger partial charge in [-0.1, -0.05) is 0 Å². The molecule has 1 aliphatic heterocycles. The smallest absolute Gasteiger partial charge is 0.0563 e. The first kappa shape index (κ1) is 12.6. The molecule has 1 fully saturated rings. The van der Waals surface area contributed by atoms with Gasteiger partial charge in [0.1, 0.15) is 0 Å². The van der Waals surface area contributed by atoms with Crippen LogP contribution in [0.2, 0.25) is 0 Å². The molecule has 0 atom stereocenters. The molecule has 0 saturated carbocycles. The zero-order valence-electron chi connectivity index (χ0n) is 11.1. The minimum absolute atomic E-state index is 0.154. The minimum Gasteiger partial charge on any atom is -0.381 e. The van der Waals surface area contributed by atoms with Crippen LogP contribution in [-0.2, 0) is 11.3 Å². The summed E-state index contributed by atoms with van der Waals surface area (Å²) in [5, 5.41) is 7.94. The summed E-state index contributed by atoms with van der Waals surface area (Å²) in [6, 6.07) is 0.520. The fourth-order valence-corrected chi connectivity index (χ4v) is 1.99. The third kappa shape index (κ3) is 3.82. The molecule has 0 bridgehead atoms. The van der Waals surface area contributed by atoms with E-state index < -0.39 is 0 Å². The van der Waals surface area contributed by atoms with Gasteiger partial charge < -0.3 is 10.1 Å². The molecule has 1 aliphatic rings. The maximum absolute atomic E-state index is 5.37. The Balaban J connectivity index is 1.91. The Hall–Kier alpha value is -0.870. The van der Waals surface area contributed by atoms with Crippen LogP contribution in [-0.4, -0.2) is 28.5 Å². The number of hydrogen-bond acceptors (Lipinski definition) is 3. The number of hydrogen-bond donors (Lipinski definition) is 1. The first-order chi connectivity index (χ1) is 8.04. The van der Waals surface area contributed by atoms with Gasteiger partial charge in [0.2, 0.25) is 0 Å². The lowest BCUT2D eigenvalue weighted by Crippen LogP contribution is -2.34. The van der Waals surface area contributed by atoms with Crippen LogP contribution in [0.25, 0.3) is 0 Å². The van der Waals surface area contributed by atoms with E-state index in [0.29, 0.717) is 6.04 Å². The van der Waals surface area contributed by atoms with E-state index >= 15 is 0 Å². The highest BCUT2D eigenvalue weighted by atomic mass is 16.5. The maximum atomic E-state index is 5.37. The van der Waals surface area contributed by atoms with Gasteiger partial charge in [0.05, 0.1) is 12.2 Å². The lowest BCUT2D eigenvalue weighted by atomic mass is 10.1. The largest absolute Gasteiger partial charge is 0.381 e. The number of nitrogens with zero attached hydrogens (tertiary/aromatic N) is 2. The molecular weight excluding hydrogens is 214 g/mol. The maximum Gasteiger partial charge on any atom is 0.0563 e. The van der Waals surface area contributed by atoms with Crippen LogP contribution >= 0.6 is 0 Å². The van der Waals surface area contributed by atoms with Crippen molar-refractivity contribution < 1.29 is 4.74 Å². The first-order valence-electron chi connectivity index (χ1n) is 6.40. The second-order valence-corrected chi connectivity index (χ2v) is 5.78. The molecule has 0 amide bonds. The standard InChI is InChI=1S/C13H23N3O/c1-13(2,3)14-8-11-9-15-16(10-11)12-4-6-17-7-5-12/h9-10,12,14H,4-8H2,1-3H3. The van der Waals surface area contributed by atoms with Crippen LogP contribution in [0.3, 0.4) is 0 Å². The predicted octanol–water partition coefficient (Wildman–Crippen LogP) is 2.12. The average molecular weight is 237 g/mol. The van der Waals surface area contributed by atoms with Gasteiger partial charge in [-0.15, -0.1) is 0 Å². The van der Waals surface area contributed by atoms with Crippen LogP contribution < -0.4 is 5.32 Å². The van der Waals surface area contributed by atoms with Crippen molar-refractivity contribution in [3.63, 3.8) is 0 Å². The van der Waals surface area contributed by atoms with Crippen LogP contribution in [0.15, 0.2) is 12.4 Å². The van der Waals surface area contributed by atoms with E-state index in [-0.39, 0.29) is 5.54 Å². The summed E-state index contributed by atoms with van der Waals surface area (Å²) >= 11 is 0. The van der Waals surface area contributed by atoms with Crippen LogP contribution in [0, 0.1) is 0 Å². The average Bonchev–Trinajstić information content (AvgIpc) is 2.75. The third-order valence-electron chi connectivity index (χ3n) is 3.04. The molecule has 0 radical (unpaired) electrons. The van der Waals surface area contributed by atoms with E-state index in [2.05, 4.69) is 42.1 Å². The fraction of sp³-hybridized carbons (Fsp3) is 0.769. The van der Waals surface area contributed by atoms with Gasteiger partial charge in [0, 0.05) is 37.1 Å². The molecule has 1 saturated heterocycles. The van der Waals surface area contributed by atoms with Crippen LogP contribution in [0.4, 0.5) is 0 Å². The molecule has 1 aromatic rings. The summed E-state index contributed by atoms with van der Waals surface area (Å²) in [5.74, 6) is 0. The van der Waals surface area contributed by atoms with E-state index in [1.807, 2.05) is 6.20 Å². The van der Waals surface area contributed by atoms with E-state index in [9.17, 15) is 0 Å². The highest BCUT2D eigenvalue weighted by molar-refractivity contribution is 5.05. The highest BCUT2D eigenvalue weighted by Gasteiger charge is 2.16. The Kier molecular flexibility index (Phi) is 3.84. The number of rotatable bonds is 3. The predicted molar refractivity (Wildman–Crippen MR) is 67.9 cm³/mol. The summed E-state index contributed by atoms with van der Waals surface area (Å²) in [6.07, 6.45) is 6.28. The van der Waals surface area contributed by atoms with Crippen molar-refractivity contribution in [1.82, 2.24) is 15.1 Å². The van der Waals surface area contributed by atoms with Crippen molar-refractivity contribution in [2.24, 2.45) is 0 Å². The minimum atomic E-state index is 0.154. The van der Waals surface area contributed by atoms with Crippen molar-refractivity contribution >= 4 is 0 Å². The molecule has 4 nitrogen and oxygen atoms in total. The Morgan fingerprint density at radius 1 is 1.41 bits per heavy atom. The number of aromatic nitrogens is 2. The van der Waals surface area contributed by atoms with E-state index in [0.717, 1.165) is 32.6 Å². The van der Waals surface area contributed by atoms with Gasteiger partial charge >= 0.3 is 0 Å². The van der Waals surface area contributed by atoms with Crippen molar-refractivity contribution in [2.75, 3.05) is 13.2 Å². The molecule has 4 heteroatoms. The van der Waals surface area contributed by atoms with Gasteiger partial charge in [0.25, 0.3) is 0 Å². The second-order valence-electron chi connectivity index (χ2n) is 5.78. The zero-order chi connectivity index (χ0) is 12.3. The molecule has 0 aliphatic carbocycles. The summed E-state index contributed by atoms with van der Waals surface area (Å²) in [4.78, 5) is 0. The molecule has 1 N–H and O–H groups in total. The molecule has 0 aromatic carbocycles. The normalized spacial score (nSPS) is 18.5. The second kappa shape index (κ2) is 5.19. The lowest BCUT2D eigenvalue weighted by Gasteiger charge is -2.22. The molecular formula is C13H23N3O. The molecule has 2 rings (SSSR count). The first-order valence-corrected chi connectivity index (χ1v) is 6.40. The van der Waals surface area contributed by atoms with Gasteiger partial charge in [-0.25, -0.2) is 0 Å². The Labute approximate surface area is 103 Å². The van der Waals surface area contributed by atoms with Crippen LogP contribution in [0.5, 0.6) is 0 Å². The van der Waals surface area contributed by atoms with Crippen molar-refractivity contribution in [1.29, 1.82) is 0 Å². The summed E-state index contributed by atoms with van der Waals surface area (Å²) in [6.45, 7) is 9.13. The van der Waals surface area contributed by atoms with Crippen LogP contribution in [0.1, 0.15) is 45.2 Å². The molecule has 0 unspecified atom stereocenters. The fourth-order valence-electron chi connectivity index (χ4n) is 1.99. The highest BCUT2D eigenvalue weighted by Crippen LogP contribution is 2.20. The summed E-state index contributed by atoms with van der Waals surface area (Å²) in [5.41, 5.74) is 1.41. The summed E-state index contributed by atoms with van der Waals surface area (Å²) in [7, 11) is 0. The quantitative estimate of drug-likeness (QED) is 0.875.